The van der Waals surface area contributed by atoms with Gasteiger partial charge >= 0.3 is 0 Å². The van der Waals surface area contributed by atoms with Crippen LogP contribution in [0.15, 0.2) is 34.9 Å². The van der Waals surface area contributed by atoms with Crippen LogP contribution in [0.5, 0.6) is 0 Å². The van der Waals surface area contributed by atoms with E-state index in [2.05, 4.69) is 15.2 Å². The fraction of sp³-hybridized carbons (Fsp3) is 0.474. The van der Waals surface area contributed by atoms with E-state index in [4.69, 9.17) is 16.0 Å². The Morgan fingerprint density at radius 2 is 2.00 bits per heavy atom. The summed E-state index contributed by atoms with van der Waals surface area (Å²) in [6.07, 6.45) is 5.94. The summed E-state index contributed by atoms with van der Waals surface area (Å²) in [5.74, 6) is 1.45. The Labute approximate surface area is 176 Å². The number of aromatic nitrogens is 1. The molecular weight excluding hydrogens is 409 g/mol. The smallest absolute Gasteiger partial charge is 0.223 e. The van der Waals surface area contributed by atoms with Crippen LogP contribution in [-0.4, -0.2) is 41.0 Å². The molecule has 148 valence electrons. The average Bonchev–Trinajstić information content (AvgIpc) is 3.16. The van der Waals surface area contributed by atoms with E-state index < -0.39 is 0 Å². The molecule has 5 nitrogen and oxygen atoms in total. The summed E-state index contributed by atoms with van der Waals surface area (Å²) >= 11 is 6.20. The zero-order valence-corrected chi connectivity index (χ0v) is 17.3. The molecule has 2 atom stereocenters. The molecule has 2 saturated heterocycles. The fourth-order valence-corrected chi connectivity index (χ4v) is 4.17. The number of hydrogen-bond donors (Lipinski definition) is 1. The molecule has 1 aromatic heterocycles. The number of carbonyl (C=O) groups is 1. The highest BCUT2D eigenvalue weighted by atomic mass is 35.5. The van der Waals surface area contributed by atoms with Crippen molar-refractivity contribution in [3.05, 3.63) is 41.4 Å². The second-order valence-electron chi connectivity index (χ2n) is 6.78. The number of nitrogens with zero attached hydrogens (tertiary/aromatic N) is 2. The van der Waals surface area contributed by atoms with E-state index in [1.165, 1.54) is 0 Å². The number of oxazole rings is 1. The van der Waals surface area contributed by atoms with Gasteiger partial charge in [-0.1, -0.05) is 23.7 Å². The highest BCUT2D eigenvalue weighted by Crippen LogP contribution is 2.30. The molecule has 4 rings (SSSR count). The first kappa shape index (κ1) is 22.0. The summed E-state index contributed by atoms with van der Waals surface area (Å²) in [6, 6.07) is 8.27. The van der Waals surface area contributed by atoms with Crippen molar-refractivity contribution in [3.63, 3.8) is 0 Å². The van der Waals surface area contributed by atoms with Gasteiger partial charge in [-0.25, -0.2) is 4.98 Å². The Hall–Kier alpha value is -1.27. The molecule has 1 amide bonds. The molecule has 2 unspecified atom stereocenters. The number of rotatable bonds is 4. The van der Waals surface area contributed by atoms with E-state index >= 15 is 0 Å². The van der Waals surface area contributed by atoms with Crippen LogP contribution in [0.1, 0.15) is 31.6 Å². The highest BCUT2D eigenvalue weighted by Gasteiger charge is 2.37. The lowest BCUT2D eigenvalue weighted by Crippen LogP contribution is -2.42. The molecule has 3 heterocycles. The highest BCUT2D eigenvalue weighted by molar-refractivity contribution is 6.33. The lowest BCUT2D eigenvalue weighted by molar-refractivity contribution is -0.133. The van der Waals surface area contributed by atoms with Crippen molar-refractivity contribution in [2.75, 3.05) is 13.1 Å². The number of fused-ring (bicyclic) bond motifs is 2. The summed E-state index contributed by atoms with van der Waals surface area (Å²) < 4.78 is 5.80. The normalized spacial score (nSPS) is 21.1. The average molecular weight is 433 g/mol. The van der Waals surface area contributed by atoms with Gasteiger partial charge in [-0.15, -0.1) is 24.8 Å². The van der Waals surface area contributed by atoms with Gasteiger partial charge in [0, 0.05) is 37.0 Å². The Balaban J connectivity index is 0.00000131. The largest absolute Gasteiger partial charge is 0.441 e. The van der Waals surface area contributed by atoms with Crippen LogP contribution < -0.4 is 5.32 Å². The SMILES string of the molecule is Cl.Cl.O=C(CCc1ncc(-c2ccccc2Cl)o1)N1C2CCNCC1CC2. The van der Waals surface area contributed by atoms with Crippen molar-refractivity contribution in [1.82, 2.24) is 15.2 Å². The summed E-state index contributed by atoms with van der Waals surface area (Å²) in [5, 5.41) is 4.06. The third-order valence-corrected chi connectivity index (χ3v) is 5.52. The molecule has 8 heteroatoms. The monoisotopic (exact) mass is 431 g/mol. The number of carbonyl (C=O) groups excluding carboxylic acids is 1. The van der Waals surface area contributed by atoms with Crippen LogP contribution in [0, 0.1) is 0 Å². The molecule has 0 radical (unpaired) electrons. The first-order valence-corrected chi connectivity index (χ1v) is 9.31. The molecule has 0 saturated carbocycles. The number of amides is 1. The number of hydrogen-bond acceptors (Lipinski definition) is 4. The van der Waals surface area contributed by atoms with Gasteiger partial charge < -0.3 is 14.6 Å². The molecule has 2 aliphatic heterocycles. The summed E-state index contributed by atoms with van der Waals surface area (Å²) in [5.41, 5.74) is 0.825. The van der Waals surface area contributed by atoms with Crippen LogP contribution in [0.4, 0.5) is 0 Å². The second-order valence-corrected chi connectivity index (χ2v) is 7.18. The summed E-state index contributed by atoms with van der Waals surface area (Å²) in [6.45, 7) is 1.92. The van der Waals surface area contributed by atoms with Gasteiger partial charge in [-0.05, 0) is 37.9 Å². The van der Waals surface area contributed by atoms with Gasteiger partial charge in [0.05, 0.1) is 11.2 Å². The minimum atomic E-state index is 0. The maximum Gasteiger partial charge on any atom is 0.223 e. The predicted molar refractivity (Wildman–Crippen MR) is 111 cm³/mol. The Kier molecular flexibility index (Phi) is 7.98. The van der Waals surface area contributed by atoms with Crippen molar-refractivity contribution >= 4 is 42.3 Å². The topological polar surface area (TPSA) is 58.4 Å². The van der Waals surface area contributed by atoms with E-state index in [0.29, 0.717) is 41.6 Å². The molecule has 2 aromatic rings. The molecule has 1 N–H and O–H groups in total. The Morgan fingerprint density at radius 1 is 1.22 bits per heavy atom. The Bertz CT molecular complexity index is 754. The molecule has 2 bridgehead atoms. The van der Waals surface area contributed by atoms with Crippen molar-refractivity contribution in [2.24, 2.45) is 0 Å². The third-order valence-electron chi connectivity index (χ3n) is 5.19. The third kappa shape index (κ3) is 4.77. The number of aryl methyl sites for hydroxylation is 1. The van der Waals surface area contributed by atoms with E-state index in [9.17, 15) is 4.79 Å². The maximum atomic E-state index is 12.7. The van der Waals surface area contributed by atoms with Gasteiger partial charge in [0.15, 0.2) is 11.7 Å². The Morgan fingerprint density at radius 3 is 2.81 bits per heavy atom. The molecule has 0 aliphatic carbocycles. The number of benzene rings is 1. The van der Waals surface area contributed by atoms with Crippen molar-refractivity contribution in [1.29, 1.82) is 0 Å². The molecule has 1 aromatic carbocycles. The van der Waals surface area contributed by atoms with Gasteiger partial charge in [-0.3, -0.25) is 4.79 Å². The van der Waals surface area contributed by atoms with Crippen LogP contribution in [0.2, 0.25) is 5.02 Å². The zero-order valence-electron chi connectivity index (χ0n) is 14.9. The van der Waals surface area contributed by atoms with Crippen LogP contribution in [0.25, 0.3) is 11.3 Å². The molecule has 2 fully saturated rings. The van der Waals surface area contributed by atoms with Crippen molar-refractivity contribution < 1.29 is 9.21 Å². The summed E-state index contributed by atoms with van der Waals surface area (Å²) in [4.78, 5) is 19.1. The van der Waals surface area contributed by atoms with E-state index in [1.807, 2.05) is 24.3 Å². The maximum absolute atomic E-state index is 12.7. The predicted octanol–water partition coefficient (Wildman–Crippen LogP) is 4.12. The zero-order chi connectivity index (χ0) is 17.2. The molecule has 2 aliphatic rings. The van der Waals surface area contributed by atoms with Crippen molar-refractivity contribution in [3.8, 4) is 11.3 Å². The minimum Gasteiger partial charge on any atom is -0.441 e. The molecular formula is C19H24Cl3N3O2. The van der Waals surface area contributed by atoms with E-state index in [1.54, 1.807) is 6.20 Å². The van der Waals surface area contributed by atoms with Gasteiger partial charge in [0.1, 0.15) is 0 Å². The van der Waals surface area contributed by atoms with Gasteiger partial charge in [0.2, 0.25) is 5.91 Å². The molecule has 0 spiro atoms. The van der Waals surface area contributed by atoms with Crippen molar-refractivity contribution in [2.45, 2.75) is 44.2 Å². The summed E-state index contributed by atoms with van der Waals surface area (Å²) in [7, 11) is 0. The fourth-order valence-electron chi connectivity index (χ4n) is 3.94. The lowest BCUT2D eigenvalue weighted by Gasteiger charge is -2.27. The minimum absolute atomic E-state index is 0. The second kappa shape index (κ2) is 9.78. The van der Waals surface area contributed by atoms with Crippen LogP contribution >= 0.6 is 36.4 Å². The number of halogens is 3. The standard InChI is InChI=1S/C19H22ClN3O2.2ClH/c20-16-4-2-1-3-15(16)17-12-22-18(25-17)7-8-19(24)23-13-5-6-14(23)11-21-10-9-13;;/h1-4,12-14,21H,5-11H2;2*1H. The molecule has 27 heavy (non-hydrogen) atoms. The first-order chi connectivity index (χ1) is 12.2. The van der Waals surface area contributed by atoms with Gasteiger partial charge in [-0.2, -0.15) is 0 Å². The van der Waals surface area contributed by atoms with Gasteiger partial charge in [0.25, 0.3) is 0 Å². The van der Waals surface area contributed by atoms with Crippen LogP contribution in [0.3, 0.4) is 0 Å². The van der Waals surface area contributed by atoms with E-state index in [-0.39, 0.29) is 30.7 Å². The van der Waals surface area contributed by atoms with E-state index in [0.717, 1.165) is 37.9 Å². The first-order valence-electron chi connectivity index (χ1n) is 8.94. The quantitative estimate of drug-likeness (QED) is 0.789. The van der Waals surface area contributed by atoms with Crippen LogP contribution in [-0.2, 0) is 11.2 Å². The number of nitrogens with one attached hydrogen (secondary N) is 1. The lowest BCUT2D eigenvalue weighted by atomic mass is 10.1.